The molecule has 1 N–H and O–H groups in total. The monoisotopic (exact) mass is 319 g/mol. The maximum Gasteiger partial charge on any atom is 0.118 e. The fourth-order valence-electron chi connectivity index (χ4n) is 3.62. The van der Waals surface area contributed by atoms with Crippen molar-refractivity contribution in [1.82, 2.24) is 4.90 Å². The topological polar surface area (TPSA) is 32.7 Å². The van der Waals surface area contributed by atoms with Crippen molar-refractivity contribution in [2.24, 2.45) is 5.92 Å². The molecule has 0 radical (unpaired) electrons. The van der Waals surface area contributed by atoms with E-state index >= 15 is 0 Å². The van der Waals surface area contributed by atoms with Crippen LogP contribution < -0.4 is 4.74 Å². The van der Waals surface area contributed by atoms with Crippen LogP contribution >= 0.6 is 0 Å². The normalized spacial score (nSPS) is 23.1. The van der Waals surface area contributed by atoms with Crippen LogP contribution in [0.3, 0.4) is 0 Å². The number of rotatable bonds is 4. The maximum atomic E-state index is 10.3. The Morgan fingerprint density at radius 2 is 1.78 bits per heavy atom. The molecule has 1 aromatic rings. The molecule has 1 heterocycles. The molecular weight excluding hydrogens is 286 g/mol. The van der Waals surface area contributed by atoms with Crippen molar-refractivity contribution in [2.45, 2.75) is 71.1 Å². The van der Waals surface area contributed by atoms with E-state index in [4.69, 9.17) is 4.74 Å². The van der Waals surface area contributed by atoms with Crippen molar-refractivity contribution in [2.75, 3.05) is 13.7 Å². The van der Waals surface area contributed by atoms with Gasteiger partial charge in [-0.2, -0.15) is 0 Å². The lowest BCUT2D eigenvalue weighted by atomic mass is 9.81. The van der Waals surface area contributed by atoms with Crippen molar-refractivity contribution in [3.05, 3.63) is 29.8 Å². The van der Waals surface area contributed by atoms with Crippen molar-refractivity contribution in [3.63, 3.8) is 0 Å². The SMILES string of the molecule is CC.COc1ccc(CN2CC(C(C)(C)O)CCC23CC3)cc1. The number of hydrogen-bond donors (Lipinski definition) is 1. The molecular formula is C20H33NO2. The van der Waals surface area contributed by atoms with Crippen LogP contribution in [0, 0.1) is 5.92 Å². The number of aliphatic hydroxyl groups is 1. The first-order valence-electron chi connectivity index (χ1n) is 9.03. The summed E-state index contributed by atoms with van der Waals surface area (Å²) in [7, 11) is 1.70. The van der Waals surface area contributed by atoms with Crippen molar-refractivity contribution in [3.8, 4) is 5.75 Å². The van der Waals surface area contributed by atoms with Gasteiger partial charge in [-0.1, -0.05) is 26.0 Å². The summed E-state index contributed by atoms with van der Waals surface area (Å²) in [5.41, 5.74) is 1.19. The van der Waals surface area contributed by atoms with Crippen LogP contribution in [0.15, 0.2) is 24.3 Å². The van der Waals surface area contributed by atoms with E-state index in [1.165, 1.54) is 24.8 Å². The zero-order valence-electron chi connectivity index (χ0n) is 15.4. The molecule has 1 unspecified atom stereocenters. The Bertz CT molecular complexity index is 485. The molecule has 1 aliphatic heterocycles. The first kappa shape index (κ1) is 18.3. The highest BCUT2D eigenvalue weighted by molar-refractivity contribution is 5.27. The number of likely N-dealkylation sites (tertiary alicyclic amines) is 1. The van der Waals surface area contributed by atoms with Crippen LogP contribution in [0.1, 0.15) is 58.9 Å². The van der Waals surface area contributed by atoms with E-state index < -0.39 is 5.60 Å². The van der Waals surface area contributed by atoms with Crippen LogP contribution in [-0.2, 0) is 6.54 Å². The quantitative estimate of drug-likeness (QED) is 0.901. The van der Waals surface area contributed by atoms with Gasteiger partial charge in [0.05, 0.1) is 12.7 Å². The first-order chi connectivity index (χ1) is 10.9. The van der Waals surface area contributed by atoms with Gasteiger partial charge in [0.1, 0.15) is 5.75 Å². The second-order valence-electron chi connectivity index (χ2n) is 7.34. The van der Waals surface area contributed by atoms with Crippen LogP contribution in [0.4, 0.5) is 0 Å². The Kier molecular flexibility index (Phi) is 5.74. The maximum absolute atomic E-state index is 10.3. The molecule has 1 saturated heterocycles. The third-order valence-corrected chi connectivity index (χ3v) is 5.43. The van der Waals surface area contributed by atoms with Gasteiger partial charge in [0.2, 0.25) is 0 Å². The number of benzene rings is 1. The summed E-state index contributed by atoms with van der Waals surface area (Å²) in [6.45, 7) is 9.90. The molecule has 1 spiro atoms. The Hall–Kier alpha value is -1.06. The average molecular weight is 319 g/mol. The summed E-state index contributed by atoms with van der Waals surface area (Å²) in [6, 6.07) is 8.38. The summed E-state index contributed by atoms with van der Waals surface area (Å²) in [5.74, 6) is 1.29. The number of methoxy groups -OCH3 is 1. The van der Waals surface area contributed by atoms with Gasteiger partial charge in [0.25, 0.3) is 0 Å². The van der Waals surface area contributed by atoms with E-state index in [2.05, 4.69) is 17.0 Å². The molecule has 130 valence electrons. The molecule has 0 bridgehead atoms. The molecule has 1 aliphatic carbocycles. The van der Waals surface area contributed by atoms with Gasteiger partial charge in [0.15, 0.2) is 0 Å². The van der Waals surface area contributed by atoms with Crippen LogP contribution in [-0.4, -0.2) is 34.8 Å². The summed E-state index contributed by atoms with van der Waals surface area (Å²) < 4.78 is 5.23. The summed E-state index contributed by atoms with van der Waals surface area (Å²) >= 11 is 0. The third kappa shape index (κ3) is 4.27. The van der Waals surface area contributed by atoms with E-state index in [0.29, 0.717) is 11.5 Å². The molecule has 1 aromatic carbocycles. The van der Waals surface area contributed by atoms with E-state index in [-0.39, 0.29) is 0 Å². The molecule has 2 aliphatic rings. The molecule has 2 fully saturated rings. The summed E-state index contributed by atoms with van der Waals surface area (Å²) in [6.07, 6.45) is 5.03. The van der Waals surface area contributed by atoms with Gasteiger partial charge >= 0.3 is 0 Å². The zero-order chi connectivity index (χ0) is 17.1. The zero-order valence-corrected chi connectivity index (χ0v) is 15.4. The summed E-state index contributed by atoms with van der Waals surface area (Å²) in [5, 5.41) is 10.3. The van der Waals surface area contributed by atoms with Crippen molar-refractivity contribution >= 4 is 0 Å². The molecule has 1 atom stereocenters. The van der Waals surface area contributed by atoms with Crippen molar-refractivity contribution < 1.29 is 9.84 Å². The molecule has 3 heteroatoms. The van der Waals surface area contributed by atoms with Crippen LogP contribution in [0.25, 0.3) is 0 Å². The van der Waals surface area contributed by atoms with Crippen molar-refractivity contribution in [1.29, 1.82) is 0 Å². The fraction of sp³-hybridized carbons (Fsp3) is 0.700. The number of piperidine rings is 1. The average Bonchev–Trinajstić information content (AvgIpc) is 3.32. The lowest BCUT2D eigenvalue weighted by Crippen LogP contribution is -2.50. The number of nitrogens with zero attached hydrogens (tertiary/aromatic N) is 1. The highest BCUT2D eigenvalue weighted by Gasteiger charge is 2.52. The Balaban J connectivity index is 0.000000924. The largest absolute Gasteiger partial charge is 0.497 e. The highest BCUT2D eigenvalue weighted by atomic mass is 16.5. The molecule has 0 aromatic heterocycles. The van der Waals surface area contributed by atoms with E-state index in [9.17, 15) is 5.11 Å². The predicted molar refractivity (Wildman–Crippen MR) is 95.7 cm³/mol. The van der Waals surface area contributed by atoms with Gasteiger partial charge in [-0.05, 0) is 63.1 Å². The third-order valence-electron chi connectivity index (χ3n) is 5.43. The first-order valence-corrected chi connectivity index (χ1v) is 9.03. The van der Waals surface area contributed by atoms with Gasteiger partial charge in [0, 0.05) is 18.6 Å². The fourth-order valence-corrected chi connectivity index (χ4v) is 3.62. The van der Waals surface area contributed by atoms with Crippen LogP contribution in [0.2, 0.25) is 0 Å². The summed E-state index contributed by atoms with van der Waals surface area (Å²) in [4.78, 5) is 2.61. The van der Waals surface area contributed by atoms with E-state index in [1.807, 2.05) is 39.8 Å². The van der Waals surface area contributed by atoms with Crippen LogP contribution in [0.5, 0.6) is 5.75 Å². The Labute approximate surface area is 141 Å². The second kappa shape index (κ2) is 7.23. The minimum atomic E-state index is -0.575. The standard InChI is InChI=1S/C18H27NO2.C2H6/c1-17(2,20)15-8-9-18(10-11-18)19(13-15)12-14-4-6-16(21-3)7-5-14;1-2/h4-7,15,20H,8-13H2,1-3H3;1-2H3. The lowest BCUT2D eigenvalue weighted by Gasteiger charge is -2.44. The minimum Gasteiger partial charge on any atom is -0.497 e. The molecule has 3 rings (SSSR count). The molecule has 1 saturated carbocycles. The molecule has 3 nitrogen and oxygen atoms in total. The predicted octanol–water partition coefficient (Wildman–Crippen LogP) is 4.24. The van der Waals surface area contributed by atoms with Gasteiger partial charge in [-0.25, -0.2) is 0 Å². The Morgan fingerprint density at radius 1 is 1.17 bits per heavy atom. The van der Waals surface area contributed by atoms with Gasteiger partial charge in [-0.15, -0.1) is 0 Å². The Morgan fingerprint density at radius 3 is 2.26 bits per heavy atom. The van der Waals surface area contributed by atoms with Gasteiger partial charge < -0.3 is 9.84 Å². The minimum absolute atomic E-state index is 0.377. The molecule has 23 heavy (non-hydrogen) atoms. The number of ether oxygens (including phenoxy) is 1. The van der Waals surface area contributed by atoms with Gasteiger partial charge in [-0.3, -0.25) is 4.90 Å². The molecule has 0 amide bonds. The highest BCUT2D eigenvalue weighted by Crippen LogP contribution is 2.51. The lowest BCUT2D eigenvalue weighted by molar-refractivity contribution is -0.0403. The van der Waals surface area contributed by atoms with E-state index in [0.717, 1.165) is 25.3 Å². The number of hydrogen-bond acceptors (Lipinski definition) is 3. The second-order valence-corrected chi connectivity index (χ2v) is 7.34. The smallest absolute Gasteiger partial charge is 0.118 e. The van der Waals surface area contributed by atoms with E-state index in [1.54, 1.807) is 7.11 Å².